The number of halogens is 5. The summed E-state index contributed by atoms with van der Waals surface area (Å²) in [6, 6.07) is 7.88. The zero-order valence-electron chi connectivity index (χ0n) is 18.2. The smallest absolute Gasteiger partial charge is 0.416 e. The van der Waals surface area contributed by atoms with Crippen LogP contribution in [0.1, 0.15) is 33.5 Å². The molecule has 0 unspecified atom stereocenters. The molecule has 1 amide bonds. The molecule has 3 rings (SSSR count). The molecule has 2 aromatic rings. The first-order valence-corrected chi connectivity index (χ1v) is 10.6. The van der Waals surface area contributed by atoms with Crippen LogP contribution < -0.4 is 0 Å². The lowest BCUT2D eigenvalue weighted by atomic mass is 9.99. The second kappa shape index (κ2) is 10.4. The van der Waals surface area contributed by atoms with Gasteiger partial charge in [0.1, 0.15) is 6.10 Å². The van der Waals surface area contributed by atoms with Gasteiger partial charge < -0.3 is 19.8 Å². The van der Waals surface area contributed by atoms with E-state index in [4.69, 9.17) is 9.84 Å². The summed E-state index contributed by atoms with van der Waals surface area (Å²) in [5.41, 5.74) is -1.42. The number of benzene rings is 2. The topological polar surface area (TPSA) is 87.1 Å². The minimum Gasteiger partial charge on any atom is -0.478 e. The number of aliphatic hydroxyl groups excluding tert-OH is 1. The number of amides is 1. The van der Waals surface area contributed by atoms with E-state index in [1.54, 1.807) is 12.1 Å². The van der Waals surface area contributed by atoms with Gasteiger partial charge in [-0.2, -0.15) is 22.0 Å². The van der Waals surface area contributed by atoms with E-state index < -0.39 is 47.4 Å². The molecule has 1 aliphatic heterocycles. The van der Waals surface area contributed by atoms with Crippen LogP contribution in [0.3, 0.4) is 0 Å². The Labute approximate surface area is 197 Å². The number of cyclic esters (lactones) is 1. The number of rotatable bonds is 8. The van der Waals surface area contributed by atoms with Crippen molar-refractivity contribution in [3.05, 3.63) is 82.9 Å². The minimum atomic E-state index is -4.82. The maximum absolute atomic E-state index is 14.7. The number of carbonyl (C=O) groups excluding carboxylic acids is 1. The average Bonchev–Trinajstić information content (AvgIpc) is 2.81. The van der Waals surface area contributed by atoms with E-state index in [0.717, 1.165) is 23.8 Å². The van der Waals surface area contributed by atoms with Crippen molar-refractivity contribution in [1.82, 2.24) is 4.90 Å². The van der Waals surface area contributed by atoms with Crippen molar-refractivity contribution in [2.24, 2.45) is 0 Å². The summed E-state index contributed by atoms with van der Waals surface area (Å²) in [4.78, 5) is 24.5. The first kappa shape index (κ1) is 26.1. The second-order valence-electron chi connectivity index (χ2n) is 7.95. The molecule has 6 nitrogen and oxygen atoms in total. The van der Waals surface area contributed by atoms with Crippen molar-refractivity contribution >= 4 is 12.1 Å². The SMILES string of the molecule is O=C(O)c1ccc(CCN2C(=O)OCC[C@@H]2C=C[C@@H](O)C(F)(F)c2cccc(C(F)(F)F)c2)cc1. The molecule has 11 heteroatoms. The molecule has 2 aromatic carbocycles. The van der Waals surface area contributed by atoms with Gasteiger partial charge in [-0.3, -0.25) is 0 Å². The van der Waals surface area contributed by atoms with Crippen molar-refractivity contribution in [2.45, 2.75) is 37.1 Å². The largest absolute Gasteiger partial charge is 0.478 e. The maximum Gasteiger partial charge on any atom is 0.416 e. The quantitative estimate of drug-likeness (QED) is 0.400. The molecular weight excluding hydrogens is 477 g/mol. The molecule has 2 N–H and O–H groups in total. The standard InChI is InChI=1S/C24H22F5NO5/c25-23(26,17-2-1-3-18(14-17)24(27,28)29)20(31)9-8-19-11-13-35-22(34)30(19)12-10-15-4-6-16(7-5-15)21(32)33/h1-9,14,19-20,31H,10-13H2,(H,32,33)/t19-,20+/m0/s1. The van der Waals surface area contributed by atoms with Crippen LogP contribution in [0.15, 0.2) is 60.7 Å². The Bertz CT molecular complexity index is 1080. The summed E-state index contributed by atoms with van der Waals surface area (Å²) < 4.78 is 73.0. The summed E-state index contributed by atoms with van der Waals surface area (Å²) >= 11 is 0. The van der Waals surface area contributed by atoms with Crippen LogP contribution >= 0.6 is 0 Å². The highest BCUT2D eigenvalue weighted by Crippen LogP contribution is 2.37. The molecule has 1 fully saturated rings. The van der Waals surface area contributed by atoms with Gasteiger partial charge in [-0.25, -0.2) is 9.59 Å². The molecule has 1 heterocycles. The highest BCUT2D eigenvalue weighted by Gasteiger charge is 2.41. The number of aliphatic hydroxyl groups is 1. The molecule has 0 bridgehead atoms. The van der Waals surface area contributed by atoms with Gasteiger partial charge in [-0.05, 0) is 36.2 Å². The fourth-order valence-electron chi connectivity index (χ4n) is 3.59. The Balaban J connectivity index is 1.71. The highest BCUT2D eigenvalue weighted by molar-refractivity contribution is 5.87. The van der Waals surface area contributed by atoms with Gasteiger partial charge >= 0.3 is 24.2 Å². The summed E-state index contributed by atoms with van der Waals surface area (Å²) in [5, 5.41) is 19.0. The number of nitrogens with zero attached hydrogens (tertiary/aromatic N) is 1. The molecule has 2 atom stereocenters. The Morgan fingerprint density at radius 1 is 1.11 bits per heavy atom. The van der Waals surface area contributed by atoms with Crippen molar-refractivity contribution in [1.29, 1.82) is 0 Å². The predicted octanol–water partition coefficient (Wildman–Crippen LogP) is 4.87. The van der Waals surface area contributed by atoms with Gasteiger partial charge in [0.15, 0.2) is 0 Å². The average molecular weight is 499 g/mol. The predicted molar refractivity (Wildman–Crippen MR) is 114 cm³/mol. The van der Waals surface area contributed by atoms with E-state index in [1.807, 2.05) is 0 Å². The first-order chi connectivity index (χ1) is 16.4. The van der Waals surface area contributed by atoms with Gasteiger partial charge in [-0.15, -0.1) is 0 Å². The lowest BCUT2D eigenvalue weighted by Crippen LogP contribution is -2.45. The molecule has 0 aromatic heterocycles. The summed E-state index contributed by atoms with van der Waals surface area (Å²) in [6.45, 7) is 0.151. The lowest BCUT2D eigenvalue weighted by Gasteiger charge is -2.33. The van der Waals surface area contributed by atoms with Crippen molar-refractivity contribution in [2.75, 3.05) is 13.2 Å². The zero-order chi connectivity index (χ0) is 25.8. The number of alkyl halides is 5. The second-order valence-corrected chi connectivity index (χ2v) is 7.95. The van der Waals surface area contributed by atoms with Gasteiger partial charge in [0.25, 0.3) is 0 Å². The molecule has 188 valence electrons. The number of carbonyl (C=O) groups is 2. The summed E-state index contributed by atoms with van der Waals surface area (Å²) in [5.74, 6) is -5.09. The fraction of sp³-hybridized carbons (Fsp3) is 0.333. The van der Waals surface area contributed by atoms with E-state index >= 15 is 0 Å². The minimum absolute atomic E-state index is 0.0256. The third-order valence-electron chi connectivity index (χ3n) is 5.58. The lowest BCUT2D eigenvalue weighted by molar-refractivity contribution is -0.138. The van der Waals surface area contributed by atoms with Crippen LogP contribution in [0.2, 0.25) is 0 Å². The van der Waals surface area contributed by atoms with Crippen molar-refractivity contribution in [3.8, 4) is 0 Å². The molecular formula is C24H22F5NO5. The van der Waals surface area contributed by atoms with Crippen LogP contribution in [0.5, 0.6) is 0 Å². The Morgan fingerprint density at radius 3 is 2.40 bits per heavy atom. The number of aromatic carboxylic acids is 1. The summed E-state index contributed by atoms with van der Waals surface area (Å²) in [7, 11) is 0. The van der Waals surface area contributed by atoms with Crippen LogP contribution in [0.4, 0.5) is 26.7 Å². The molecule has 0 radical (unpaired) electrons. The van der Waals surface area contributed by atoms with Crippen molar-refractivity contribution in [3.63, 3.8) is 0 Å². The number of carboxylic acids is 1. The van der Waals surface area contributed by atoms with E-state index in [0.29, 0.717) is 12.5 Å². The number of carboxylic acid groups (broad SMARTS) is 1. The fourth-order valence-corrected chi connectivity index (χ4v) is 3.59. The maximum atomic E-state index is 14.7. The monoisotopic (exact) mass is 499 g/mol. The molecule has 0 aliphatic carbocycles. The van der Waals surface area contributed by atoms with Gasteiger partial charge in [-0.1, -0.05) is 36.4 Å². The summed E-state index contributed by atoms with van der Waals surface area (Å²) in [6.07, 6.45) is -5.39. The van der Waals surface area contributed by atoms with E-state index in [-0.39, 0.29) is 31.2 Å². The Hall–Kier alpha value is -3.47. The zero-order valence-corrected chi connectivity index (χ0v) is 18.2. The molecule has 0 saturated carbocycles. The molecule has 0 spiro atoms. The van der Waals surface area contributed by atoms with Crippen LogP contribution in [-0.2, 0) is 23.3 Å². The number of hydrogen-bond donors (Lipinski definition) is 2. The van der Waals surface area contributed by atoms with Gasteiger partial charge in [0.05, 0.1) is 23.8 Å². The Morgan fingerprint density at radius 2 is 1.77 bits per heavy atom. The molecule has 1 saturated heterocycles. The van der Waals surface area contributed by atoms with Gasteiger partial charge in [0, 0.05) is 18.5 Å². The van der Waals surface area contributed by atoms with Crippen LogP contribution in [0.25, 0.3) is 0 Å². The van der Waals surface area contributed by atoms with Crippen LogP contribution in [-0.4, -0.2) is 52.5 Å². The third-order valence-corrected chi connectivity index (χ3v) is 5.58. The first-order valence-electron chi connectivity index (χ1n) is 10.6. The van der Waals surface area contributed by atoms with E-state index in [1.165, 1.54) is 23.1 Å². The van der Waals surface area contributed by atoms with Crippen LogP contribution in [0, 0.1) is 0 Å². The number of hydrogen-bond acceptors (Lipinski definition) is 4. The molecule has 35 heavy (non-hydrogen) atoms. The van der Waals surface area contributed by atoms with E-state index in [9.17, 15) is 36.6 Å². The van der Waals surface area contributed by atoms with Gasteiger partial charge in [0.2, 0.25) is 0 Å². The Kier molecular flexibility index (Phi) is 7.79. The highest BCUT2D eigenvalue weighted by atomic mass is 19.4. The normalized spacial score (nSPS) is 17.9. The third kappa shape index (κ3) is 6.36. The van der Waals surface area contributed by atoms with E-state index in [2.05, 4.69) is 0 Å². The number of ether oxygens (including phenoxy) is 1. The molecule has 1 aliphatic rings. The van der Waals surface area contributed by atoms with Crippen molar-refractivity contribution < 1.29 is 46.5 Å².